The number of nitrogens with zero attached hydrogens (tertiary/aromatic N) is 2. The van der Waals surface area contributed by atoms with Gasteiger partial charge in [-0.15, -0.1) is 0 Å². The Morgan fingerprint density at radius 3 is 2.55 bits per heavy atom. The molecule has 1 aromatic heterocycles. The Balaban J connectivity index is 1.81. The minimum Gasteiger partial charge on any atom is -0.385 e. The zero-order valence-electron chi connectivity index (χ0n) is 12.2. The fourth-order valence-corrected chi connectivity index (χ4v) is 1.91. The van der Waals surface area contributed by atoms with Crippen molar-refractivity contribution in [3.8, 4) is 0 Å². The first-order valence-corrected chi connectivity index (χ1v) is 6.82. The molecule has 0 aliphatic rings. The summed E-state index contributed by atoms with van der Waals surface area (Å²) in [6.45, 7) is 7.24. The van der Waals surface area contributed by atoms with E-state index in [0.29, 0.717) is 0 Å². The molecule has 1 aromatic carbocycles. The van der Waals surface area contributed by atoms with Gasteiger partial charge in [-0.25, -0.2) is 9.37 Å². The van der Waals surface area contributed by atoms with Crippen LogP contribution in [0.3, 0.4) is 0 Å². The van der Waals surface area contributed by atoms with Gasteiger partial charge >= 0.3 is 0 Å². The summed E-state index contributed by atoms with van der Waals surface area (Å²) in [4.78, 5) is 4.47. The Morgan fingerprint density at radius 1 is 1.20 bits per heavy atom. The van der Waals surface area contributed by atoms with E-state index in [-0.39, 0.29) is 11.2 Å². The molecule has 20 heavy (non-hydrogen) atoms. The van der Waals surface area contributed by atoms with Gasteiger partial charge in [0, 0.05) is 25.1 Å². The monoisotopic (exact) mass is 276 g/mol. The molecule has 0 aliphatic heterocycles. The van der Waals surface area contributed by atoms with Gasteiger partial charge in [0.25, 0.3) is 0 Å². The molecule has 0 saturated heterocycles. The van der Waals surface area contributed by atoms with Crippen molar-refractivity contribution in [3.63, 3.8) is 0 Å². The van der Waals surface area contributed by atoms with Crippen LogP contribution in [0.5, 0.6) is 0 Å². The third kappa shape index (κ3) is 4.64. The fourth-order valence-electron chi connectivity index (χ4n) is 1.91. The first-order valence-electron chi connectivity index (χ1n) is 6.82. The molecular weight excluding hydrogens is 255 g/mol. The lowest BCUT2D eigenvalue weighted by molar-refractivity contribution is 0.401. The lowest BCUT2D eigenvalue weighted by atomic mass is 9.92. The number of nitrogens with one attached hydrogen (secondary N) is 2. The van der Waals surface area contributed by atoms with Crippen LogP contribution in [0, 0.1) is 11.2 Å². The van der Waals surface area contributed by atoms with Crippen molar-refractivity contribution in [2.45, 2.75) is 33.6 Å². The Hall–Kier alpha value is -1.91. The molecule has 4 nitrogen and oxygen atoms in total. The van der Waals surface area contributed by atoms with Crippen LogP contribution in [0.1, 0.15) is 32.4 Å². The predicted octanol–water partition coefficient (Wildman–Crippen LogP) is 3.19. The van der Waals surface area contributed by atoms with E-state index in [0.717, 1.165) is 36.7 Å². The zero-order valence-corrected chi connectivity index (χ0v) is 12.2. The highest BCUT2D eigenvalue weighted by Crippen LogP contribution is 2.18. The molecule has 108 valence electrons. The van der Waals surface area contributed by atoms with Crippen molar-refractivity contribution in [2.75, 3.05) is 11.9 Å². The number of aromatic nitrogens is 3. The topological polar surface area (TPSA) is 53.6 Å². The second kappa shape index (κ2) is 6.03. The SMILES string of the molecule is CC(C)(C)Cc1nc(CCNc2ccc(F)cc2)n[nH]1. The third-order valence-electron chi connectivity index (χ3n) is 2.80. The summed E-state index contributed by atoms with van der Waals surface area (Å²) in [7, 11) is 0. The molecule has 2 N–H and O–H groups in total. The maximum atomic E-state index is 12.8. The largest absolute Gasteiger partial charge is 0.385 e. The Morgan fingerprint density at radius 2 is 1.90 bits per heavy atom. The highest BCUT2D eigenvalue weighted by atomic mass is 19.1. The van der Waals surface area contributed by atoms with Crippen molar-refractivity contribution in [2.24, 2.45) is 5.41 Å². The fraction of sp³-hybridized carbons (Fsp3) is 0.467. The molecule has 0 aliphatic carbocycles. The average molecular weight is 276 g/mol. The molecule has 0 bridgehead atoms. The number of H-pyrrole nitrogens is 1. The number of anilines is 1. The molecule has 0 unspecified atom stereocenters. The van der Waals surface area contributed by atoms with Gasteiger partial charge in [0.15, 0.2) is 5.82 Å². The molecule has 2 aromatic rings. The highest BCUT2D eigenvalue weighted by molar-refractivity contribution is 5.42. The van der Waals surface area contributed by atoms with Crippen molar-refractivity contribution < 1.29 is 4.39 Å². The van der Waals surface area contributed by atoms with E-state index in [1.54, 1.807) is 12.1 Å². The van der Waals surface area contributed by atoms with Crippen LogP contribution in [0.15, 0.2) is 24.3 Å². The first kappa shape index (κ1) is 14.5. The maximum Gasteiger partial charge on any atom is 0.152 e. The molecule has 0 fully saturated rings. The van der Waals surface area contributed by atoms with Gasteiger partial charge in [-0.2, -0.15) is 5.10 Å². The molecule has 5 heteroatoms. The lowest BCUT2D eigenvalue weighted by Gasteiger charge is -2.15. The number of halogens is 1. The number of rotatable bonds is 5. The molecule has 0 radical (unpaired) electrons. The van der Waals surface area contributed by atoms with Gasteiger partial charge in [0.1, 0.15) is 11.6 Å². The number of hydrogen-bond acceptors (Lipinski definition) is 3. The first-order chi connectivity index (χ1) is 9.42. The van der Waals surface area contributed by atoms with Crippen molar-refractivity contribution in [1.82, 2.24) is 15.2 Å². The van der Waals surface area contributed by atoms with Crippen LogP contribution >= 0.6 is 0 Å². The quantitative estimate of drug-likeness (QED) is 0.882. The van der Waals surface area contributed by atoms with Gasteiger partial charge in [-0.1, -0.05) is 20.8 Å². The van der Waals surface area contributed by atoms with E-state index in [4.69, 9.17) is 0 Å². The summed E-state index contributed by atoms with van der Waals surface area (Å²) < 4.78 is 12.8. The van der Waals surface area contributed by atoms with Crippen molar-refractivity contribution in [3.05, 3.63) is 41.7 Å². The average Bonchev–Trinajstić information content (AvgIpc) is 2.77. The number of aromatic amines is 1. The number of hydrogen-bond donors (Lipinski definition) is 2. The normalized spacial score (nSPS) is 11.6. The van der Waals surface area contributed by atoms with Crippen LogP contribution in [0.25, 0.3) is 0 Å². The van der Waals surface area contributed by atoms with Gasteiger partial charge in [0.2, 0.25) is 0 Å². The predicted molar refractivity (Wildman–Crippen MR) is 78.1 cm³/mol. The Kier molecular flexibility index (Phi) is 4.37. The third-order valence-corrected chi connectivity index (χ3v) is 2.80. The minimum absolute atomic E-state index is 0.198. The summed E-state index contributed by atoms with van der Waals surface area (Å²) in [5.74, 6) is 1.50. The summed E-state index contributed by atoms with van der Waals surface area (Å²) in [5, 5.41) is 10.4. The summed E-state index contributed by atoms with van der Waals surface area (Å²) in [5.41, 5.74) is 1.10. The van der Waals surface area contributed by atoms with E-state index in [9.17, 15) is 4.39 Å². The summed E-state index contributed by atoms with van der Waals surface area (Å²) >= 11 is 0. The van der Waals surface area contributed by atoms with E-state index >= 15 is 0 Å². The zero-order chi connectivity index (χ0) is 14.6. The summed E-state index contributed by atoms with van der Waals surface area (Å²) in [6, 6.07) is 6.32. The van der Waals surface area contributed by atoms with E-state index in [1.807, 2.05) is 0 Å². The molecule has 0 amide bonds. The van der Waals surface area contributed by atoms with Crippen LogP contribution < -0.4 is 5.32 Å². The van der Waals surface area contributed by atoms with E-state index in [1.165, 1.54) is 12.1 Å². The molecule has 2 rings (SSSR count). The van der Waals surface area contributed by atoms with Crippen molar-refractivity contribution in [1.29, 1.82) is 0 Å². The van der Waals surface area contributed by atoms with E-state index < -0.39 is 0 Å². The maximum absolute atomic E-state index is 12.8. The second-order valence-corrected chi connectivity index (χ2v) is 6.12. The highest BCUT2D eigenvalue weighted by Gasteiger charge is 2.14. The Bertz CT molecular complexity index is 540. The van der Waals surface area contributed by atoms with Crippen LogP contribution in [0.4, 0.5) is 10.1 Å². The standard InChI is InChI=1S/C15H21FN4/c1-15(2,3)10-14-18-13(19-20-14)8-9-17-12-6-4-11(16)5-7-12/h4-7,17H,8-10H2,1-3H3,(H,18,19,20). The Labute approximate surface area is 118 Å². The molecule has 0 spiro atoms. The van der Waals surface area contributed by atoms with E-state index in [2.05, 4.69) is 41.3 Å². The molecular formula is C15H21FN4. The van der Waals surface area contributed by atoms with Crippen LogP contribution in [-0.2, 0) is 12.8 Å². The van der Waals surface area contributed by atoms with Crippen molar-refractivity contribution >= 4 is 5.69 Å². The number of benzene rings is 1. The van der Waals surface area contributed by atoms with Gasteiger partial charge in [0.05, 0.1) is 0 Å². The molecule has 0 atom stereocenters. The smallest absolute Gasteiger partial charge is 0.152 e. The lowest BCUT2D eigenvalue weighted by Crippen LogP contribution is -2.10. The molecule has 0 saturated carbocycles. The van der Waals surface area contributed by atoms with Gasteiger partial charge in [-0.05, 0) is 29.7 Å². The molecule has 1 heterocycles. The van der Waals surface area contributed by atoms with Gasteiger partial charge in [-0.3, -0.25) is 5.10 Å². The van der Waals surface area contributed by atoms with Gasteiger partial charge < -0.3 is 5.32 Å². The second-order valence-electron chi connectivity index (χ2n) is 6.12. The minimum atomic E-state index is -0.226. The van der Waals surface area contributed by atoms with Crippen LogP contribution in [0.2, 0.25) is 0 Å². The van der Waals surface area contributed by atoms with Crippen LogP contribution in [-0.4, -0.2) is 21.7 Å². The summed E-state index contributed by atoms with van der Waals surface area (Å²) in [6.07, 6.45) is 1.61.